The molecule has 0 saturated carbocycles. The number of ether oxygens (including phenoxy) is 1. The Balaban J connectivity index is 2.87. The summed E-state index contributed by atoms with van der Waals surface area (Å²) in [5.41, 5.74) is 1.12. The van der Waals surface area contributed by atoms with Crippen LogP contribution in [0.3, 0.4) is 0 Å². The molecule has 1 atom stereocenters. The summed E-state index contributed by atoms with van der Waals surface area (Å²) in [7, 11) is 0. The Hall–Kier alpha value is -1.82. The summed E-state index contributed by atoms with van der Waals surface area (Å²) in [5.74, 6) is 0. The third-order valence-electron chi connectivity index (χ3n) is 2.62. The van der Waals surface area contributed by atoms with Crippen molar-refractivity contribution in [3.63, 3.8) is 0 Å². The van der Waals surface area contributed by atoms with E-state index in [1.54, 1.807) is 18.2 Å². The van der Waals surface area contributed by atoms with Crippen LogP contribution < -0.4 is 10.6 Å². The van der Waals surface area contributed by atoms with Crippen molar-refractivity contribution in [2.24, 2.45) is 0 Å². The van der Waals surface area contributed by atoms with Gasteiger partial charge in [0.1, 0.15) is 11.4 Å². The predicted octanol–water partition coefficient (Wildman–Crippen LogP) is 2.86. The van der Waals surface area contributed by atoms with Gasteiger partial charge in [-0.15, -0.1) is 0 Å². The Bertz CT molecular complexity index is 424. The molecule has 1 rings (SSSR count). The van der Waals surface area contributed by atoms with Crippen LogP contribution in [0.25, 0.3) is 0 Å². The zero-order chi connectivity index (χ0) is 14.3. The zero-order valence-electron chi connectivity index (χ0n) is 11.6. The lowest BCUT2D eigenvalue weighted by Gasteiger charge is -2.15. The molecule has 0 radical (unpaired) electrons. The smallest absolute Gasteiger partial charge is 0.315 e. The van der Waals surface area contributed by atoms with Gasteiger partial charge in [0.25, 0.3) is 0 Å². The van der Waals surface area contributed by atoms with Crippen LogP contribution in [0, 0.1) is 10.1 Å². The molecule has 0 aliphatic rings. The molecule has 0 fully saturated rings. The van der Waals surface area contributed by atoms with Crippen molar-refractivity contribution in [3.8, 4) is 0 Å². The lowest BCUT2D eigenvalue weighted by Crippen LogP contribution is -2.20. The van der Waals surface area contributed by atoms with Gasteiger partial charge in [-0.1, -0.05) is 6.07 Å². The molecular formula is C13H21N3O3. The molecule has 0 aromatic heterocycles. The monoisotopic (exact) mass is 267 g/mol. The molecule has 6 nitrogen and oxygen atoms in total. The molecule has 0 saturated heterocycles. The van der Waals surface area contributed by atoms with E-state index in [4.69, 9.17) is 4.74 Å². The van der Waals surface area contributed by atoms with E-state index >= 15 is 0 Å². The fourth-order valence-electron chi connectivity index (χ4n) is 1.81. The second-order valence-electron chi connectivity index (χ2n) is 4.14. The Morgan fingerprint density at radius 3 is 2.47 bits per heavy atom. The van der Waals surface area contributed by atoms with Crippen molar-refractivity contribution >= 4 is 17.1 Å². The van der Waals surface area contributed by atoms with Crippen molar-refractivity contribution < 1.29 is 9.66 Å². The Morgan fingerprint density at radius 1 is 1.32 bits per heavy atom. The summed E-state index contributed by atoms with van der Waals surface area (Å²) in [4.78, 5) is 10.8. The first-order chi connectivity index (χ1) is 9.10. The van der Waals surface area contributed by atoms with Gasteiger partial charge in [-0.05, 0) is 32.9 Å². The number of hydrogen-bond acceptors (Lipinski definition) is 5. The van der Waals surface area contributed by atoms with E-state index in [1.807, 2.05) is 20.8 Å². The van der Waals surface area contributed by atoms with Gasteiger partial charge in [0.2, 0.25) is 0 Å². The van der Waals surface area contributed by atoms with Gasteiger partial charge in [0, 0.05) is 19.7 Å². The summed E-state index contributed by atoms with van der Waals surface area (Å²) >= 11 is 0. The normalized spacial score (nSPS) is 11.9. The van der Waals surface area contributed by atoms with Crippen LogP contribution in [0.1, 0.15) is 20.8 Å². The fourth-order valence-corrected chi connectivity index (χ4v) is 1.81. The van der Waals surface area contributed by atoms with Crippen LogP contribution in [0.15, 0.2) is 18.2 Å². The average molecular weight is 267 g/mol. The lowest BCUT2D eigenvalue weighted by atomic mass is 10.2. The number of nitro benzene ring substituents is 1. The number of rotatable bonds is 8. The molecule has 0 aliphatic carbocycles. The van der Waals surface area contributed by atoms with Crippen molar-refractivity contribution in [2.45, 2.75) is 26.9 Å². The molecule has 19 heavy (non-hydrogen) atoms. The number of nitro groups is 1. The highest BCUT2D eigenvalue weighted by Gasteiger charge is 2.19. The number of nitrogens with one attached hydrogen (secondary N) is 2. The highest BCUT2D eigenvalue weighted by Crippen LogP contribution is 2.32. The Kier molecular flexibility index (Phi) is 6.08. The summed E-state index contributed by atoms with van der Waals surface area (Å²) in [6.45, 7) is 7.55. The molecule has 1 aromatic rings. The standard InChI is InChI=1S/C13H21N3O3/c1-4-14-11-7-6-8-12(13(11)16(17)18)15-9-10(3)19-5-2/h6-8,10,14-15H,4-5,9H2,1-3H3. The van der Waals surface area contributed by atoms with Crippen molar-refractivity contribution in [1.29, 1.82) is 0 Å². The number of anilines is 2. The van der Waals surface area contributed by atoms with E-state index < -0.39 is 0 Å². The van der Waals surface area contributed by atoms with Crippen LogP contribution in [0.2, 0.25) is 0 Å². The lowest BCUT2D eigenvalue weighted by molar-refractivity contribution is -0.383. The third kappa shape index (κ3) is 4.40. The van der Waals surface area contributed by atoms with E-state index in [0.29, 0.717) is 31.1 Å². The van der Waals surface area contributed by atoms with Crippen LogP contribution in [0.5, 0.6) is 0 Å². The molecule has 0 spiro atoms. The van der Waals surface area contributed by atoms with E-state index in [1.165, 1.54) is 0 Å². The zero-order valence-corrected chi connectivity index (χ0v) is 11.6. The highest BCUT2D eigenvalue weighted by atomic mass is 16.6. The minimum Gasteiger partial charge on any atom is -0.380 e. The number of hydrogen-bond donors (Lipinski definition) is 2. The average Bonchev–Trinajstić information content (AvgIpc) is 2.37. The molecular weight excluding hydrogens is 246 g/mol. The summed E-state index contributed by atoms with van der Waals surface area (Å²) < 4.78 is 5.39. The van der Waals surface area contributed by atoms with Gasteiger partial charge >= 0.3 is 5.69 Å². The Labute approximate surface area is 113 Å². The maximum absolute atomic E-state index is 11.2. The van der Waals surface area contributed by atoms with E-state index in [0.717, 1.165) is 0 Å². The van der Waals surface area contributed by atoms with Crippen molar-refractivity contribution in [2.75, 3.05) is 30.3 Å². The summed E-state index contributed by atoms with van der Waals surface area (Å²) in [5, 5.41) is 17.3. The van der Waals surface area contributed by atoms with Crippen LogP contribution in [-0.2, 0) is 4.74 Å². The first kappa shape index (κ1) is 15.2. The van der Waals surface area contributed by atoms with Gasteiger partial charge < -0.3 is 15.4 Å². The van der Waals surface area contributed by atoms with Crippen LogP contribution in [-0.4, -0.2) is 30.7 Å². The molecule has 0 amide bonds. The molecule has 106 valence electrons. The van der Waals surface area contributed by atoms with Crippen molar-refractivity contribution in [3.05, 3.63) is 28.3 Å². The largest absolute Gasteiger partial charge is 0.380 e. The molecule has 0 heterocycles. The summed E-state index contributed by atoms with van der Waals surface area (Å²) in [6.07, 6.45) is 0.00685. The summed E-state index contributed by atoms with van der Waals surface area (Å²) in [6, 6.07) is 5.20. The topological polar surface area (TPSA) is 76.4 Å². The molecule has 1 aromatic carbocycles. The molecule has 1 unspecified atom stereocenters. The van der Waals surface area contributed by atoms with Gasteiger partial charge in [-0.3, -0.25) is 10.1 Å². The first-order valence-electron chi connectivity index (χ1n) is 6.46. The minimum absolute atomic E-state index is 0.00685. The molecule has 0 bridgehead atoms. The number of para-hydroxylation sites is 1. The predicted molar refractivity (Wildman–Crippen MR) is 76.8 cm³/mol. The SMILES string of the molecule is CCNc1cccc(NCC(C)OCC)c1[N+](=O)[O-]. The molecule has 6 heteroatoms. The van der Waals surface area contributed by atoms with Gasteiger partial charge in [-0.2, -0.15) is 0 Å². The fraction of sp³-hybridized carbons (Fsp3) is 0.538. The quantitative estimate of drug-likeness (QED) is 0.559. The van der Waals surface area contributed by atoms with Crippen LogP contribution in [0.4, 0.5) is 17.1 Å². The van der Waals surface area contributed by atoms with Crippen molar-refractivity contribution in [1.82, 2.24) is 0 Å². The van der Waals surface area contributed by atoms with Crippen LogP contribution >= 0.6 is 0 Å². The maximum atomic E-state index is 11.2. The minimum atomic E-state index is -0.369. The second-order valence-corrected chi connectivity index (χ2v) is 4.14. The van der Waals surface area contributed by atoms with E-state index in [9.17, 15) is 10.1 Å². The maximum Gasteiger partial charge on any atom is 0.315 e. The number of benzene rings is 1. The Morgan fingerprint density at radius 2 is 1.95 bits per heavy atom. The first-order valence-corrected chi connectivity index (χ1v) is 6.46. The molecule has 2 N–H and O–H groups in total. The van der Waals surface area contributed by atoms with Gasteiger partial charge in [0.05, 0.1) is 11.0 Å². The molecule has 0 aliphatic heterocycles. The second kappa shape index (κ2) is 7.58. The van der Waals surface area contributed by atoms with E-state index in [2.05, 4.69) is 10.6 Å². The van der Waals surface area contributed by atoms with Gasteiger partial charge in [0.15, 0.2) is 0 Å². The number of nitrogens with zero attached hydrogens (tertiary/aromatic N) is 1. The third-order valence-corrected chi connectivity index (χ3v) is 2.62. The highest BCUT2D eigenvalue weighted by molar-refractivity contribution is 5.76. The van der Waals surface area contributed by atoms with E-state index in [-0.39, 0.29) is 16.7 Å². The van der Waals surface area contributed by atoms with Gasteiger partial charge in [-0.25, -0.2) is 0 Å².